The van der Waals surface area contributed by atoms with Gasteiger partial charge in [0.05, 0.1) is 15.5 Å². The fourth-order valence-electron chi connectivity index (χ4n) is 4.24. The fraction of sp³-hybridized carbons (Fsp3) is 0.409. The van der Waals surface area contributed by atoms with E-state index in [4.69, 9.17) is 11.6 Å². The summed E-state index contributed by atoms with van der Waals surface area (Å²) < 4.78 is 27.4. The molecule has 8 nitrogen and oxygen atoms in total. The number of halogens is 1. The van der Waals surface area contributed by atoms with Gasteiger partial charge in [0.25, 0.3) is 0 Å². The number of sulfonamides is 1. The van der Waals surface area contributed by atoms with Crippen LogP contribution in [0.5, 0.6) is 0 Å². The van der Waals surface area contributed by atoms with Crippen molar-refractivity contribution in [3.05, 3.63) is 53.2 Å². The van der Waals surface area contributed by atoms with Crippen molar-refractivity contribution in [2.75, 3.05) is 44.2 Å². The highest BCUT2D eigenvalue weighted by Crippen LogP contribution is 2.27. The molecule has 10 heteroatoms. The largest absolute Gasteiger partial charge is 0.353 e. The van der Waals surface area contributed by atoms with E-state index >= 15 is 0 Å². The number of anilines is 1. The summed E-state index contributed by atoms with van der Waals surface area (Å²) in [6.45, 7) is 3.14. The number of amides is 1. The van der Waals surface area contributed by atoms with Crippen LogP contribution in [0.15, 0.2) is 47.5 Å². The van der Waals surface area contributed by atoms with E-state index in [-0.39, 0.29) is 35.4 Å². The number of aromatic nitrogens is 1. The van der Waals surface area contributed by atoms with Crippen LogP contribution in [0.2, 0.25) is 5.02 Å². The number of hydrogen-bond donors (Lipinski definition) is 0. The summed E-state index contributed by atoms with van der Waals surface area (Å²) in [6, 6.07) is 11.8. The first kappa shape index (κ1) is 22.5. The first-order valence-corrected chi connectivity index (χ1v) is 12.4. The molecule has 0 radical (unpaired) electrons. The third kappa shape index (κ3) is 4.58. The van der Waals surface area contributed by atoms with E-state index in [1.54, 1.807) is 24.4 Å². The Morgan fingerprint density at radius 2 is 1.72 bits per heavy atom. The Labute approximate surface area is 193 Å². The molecule has 0 N–H and O–H groups in total. The van der Waals surface area contributed by atoms with E-state index in [9.17, 15) is 18.5 Å². The van der Waals surface area contributed by atoms with Crippen molar-refractivity contribution in [3.63, 3.8) is 0 Å². The van der Waals surface area contributed by atoms with Crippen molar-refractivity contribution >= 4 is 33.3 Å². The molecule has 0 saturated carbocycles. The number of nitrogens with zero attached hydrogens (tertiary/aromatic N) is 5. The highest BCUT2D eigenvalue weighted by Gasteiger charge is 2.35. The molecule has 0 aliphatic carbocycles. The summed E-state index contributed by atoms with van der Waals surface area (Å²) in [5.41, 5.74) is 0.138. The van der Waals surface area contributed by atoms with Gasteiger partial charge in [0, 0.05) is 51.4 Å². The first-order valence-electron chi connectivity index (χ1n) is 10.5. The standard InChI is InChI=1S/C22H24ClN5O3S/c23-19-5-6-21(25-16-19)26-11-13-27(14-12-26)22(29)17-7-9-28(10-8-17)32(30,31)20-4-2-1-3-18(20)15-24/h1-6,16-17H,7-14H2. The molecule has 1 aromatic heterocycles. The third-order valence-corrected chi connectivity index (χ3v) is 8.24. The van der Waals surface area contributed by atoms with Crippen LogP contribution in [0, 0.1) is 17.2 Å². The summed E-state index contributed by atoms with van der Waals surface area (Å²) in [6.07, 6.45) is 2.57. The Kier molecular flexibility index (Phi) is 6.65. The first-order chi connectivity index (χ1) is 15.4. The van der Waals surface area contributed by atoms with Gasteiger partial charge in [0.15, 0.2) is 0 Å². The van der Waals surface area contributed by atoms with E-state index < -0.39 is 10.0 Å². The monoisotopic (exact) mass is 473 g/mol. The van der Waals surface area contributed by atoms with Crippen molar-refractivity contribution in [1.29, 1.82) is 5.26 Å². The van der Waals surface area contributed by atoms with Gasteiger partial charge in [-0.3, -0.25) is 4.79 Å². The second-order valence-corrected chi connectivity index (χ2v) is 10.3. The normalized spacial score (nSPS) is 18.4. The molecule has 0 bridgehead atoms. The summed E-state index contributed by atoms with van der Waals surface area (Å²) in [7, 11) is -3.76. The zero-order chi connectivity index (χ0) is 22.7. The van der Waals surface area contributed by atoms with Gasteiger partial charge >= 0.3 is 0 Å². The minimum Gasteiger partial charge on any atom is -0.353 e. The fourth-order valence-corrected chi connectivity index (χ4v) is 5.96. The zero-order valence-corrected chi connectivity index (χ0v) is 19.1. The molecule has 0 atom stereocenters. The Bertz CT molecular complexity index is 1120. The lowest BCUT2D eigenvalue weighted by atomic mass is 9.96. The maximum Gasteiger partial charge on any atom is 0.244 e. The number of rotatable bonds is 4. The van der Waals surface area contributed by atoms with Gasteiger partial charge in [-0.25, -0.2) is 13.4 Å². The molecule has 1 amide bonds. The number of carbonyl (C=O) groups is 1. The predicted molar refractivity (Wildman–Crippen MR) is 121 cm³/mol. The van der Waals surface area contributed by atoms with Crippen molar-refractivity contribution < 1.29 is 13.2 Å². The van der Waals surface area contributed by atoms with Crippen LogP contribution in [-0.2, 0) is 14.8 Å². The molecule has 2 saturated heterocycles. The topological polar surface area (TPSA) is 97.6 Å². The highest BCUT2D eigenvalue weighted by atomic mass is 35.5. The molecule has 2 aliphatic rings. The van der Waals surface area contributed by atoms with Crippen LogP contribution >= 0.6 is 11.6 Å². The summed E-state index contributed by atoms with van der Waals surface area (Å²) in [4.78, 5) is 21.4. The Balaban J connectivity index is 1.33. The molecule has 4 rings (SSSR count). The Morgan fingerprint density at radius 3 is 2.34 bits per heavy atom. The second-order valence-electron chi connectivity index (χ2n) is 7.93. The average Bonchev–Trinajstić information content (AvgIpc) is 2.84. The Hall–Kier alpha value is -2.67. The molecule has 2 fully saturated rings. The number of benzene rings is 1. The maximum atomic E-state index is 13.0. The van der Waals surface area contributed by atoms with Gasteiger partial charge in [-0.2, -0.15) is 9.57 Å². The third-order valence-electron chi connectivity index (χ3n) is 6.06. The minimum absolute atomic E-state index is 0.0270. The van der Waals surface area contributed by atoms with Gasteiger partial charge in [0.1, 0.15) is 11.9 Å². The molecular weight excluding hydrogens is 450 g/mol. The van der Waals surface area contributed by atoms with Crippen LogP contribution in [0.1, 0.15) is 18.4 Å². The van der Waals surface area contributed by atoms with Crippen molar-refractivity contribution in [2.24, 2.45) is 5.92 Å². The van der Waals surface area contributed by atoms with Gasteiger partial charge in [-0.05, 0) is 37.1 Å². The Morgan fingerprint density at radius 1 is 1.03 bits per heavy atom. The van der Waals surface area contributed by atoms with E-state index in [0.29, 0.717) is 44.0 Å². The van der Waals surface area contributed by atoms with Gasteiger partial charge < -0.3 is 9.80 Å². The van der Waals surface area contributed by atoms with Crippen LogP contribution in [-0.4, -0.2) is 67.8 Å². The summed E-state index contributed by atoms with van der Waals surface area (Å²) in [5.74, 6) is 0.744. The van der Waals surface area contributed by atoms with Crippen LogP contribution in [0.4, 0.5) is 5.82 Å². The van der Waals surface area contributed by atoms with Gasteiger partial charge in [0.2, 0.25) is 15.9 Å². The zero-order valence-electron chi connectivity index (χ0n) is 17.5. The van der Waals surface area contributed by atoms with Crippen LogP contribution < -0.4 is 4.90 Å². The molecule has 0 spiro atoms. The molecular formula is C22H24ClN5O3S. The molecule has 2 aliphatic heterocycles. The highest BCUT2D eigenvalue weighted by molar-refractivity contribution is 7.89. The van der Waals surface area contributed by atoms with Crippen molar-refractivity contribution in [3.8, 4) is 6.07 Å². The quantitative estimate of drug-likeness (QED) is 0.676. The smallest absolute Gasteiger partial charge is 0.244 e. The lowest BCUT2D eigenvalue weighted by molar-refractivity contribution is -0.137. The van der Waals surface area contributed by atoms with Crippen LogP contribution in [0.3, 0.4) is 0 Å². The molecule has 2 aromatic rings. The predicted octanol–water partition coefficient (Wildman–Crippen LogP) is 2.36. The van der Waals surface area contributed by atoms with E-state index in [0.717, 1.165) is 5.82 Å². The number of piperazine rings is 1. The van der Waals surface area contributed by atoms with E-state index in [1.165, 1.54) is 16.4 Å². The van der Waals surface area contributed by atoms with E-state index in [1.807, 2.05) is 17.0 Å². The minimum atomic E-state index is -3.76. The maximum absolute atomic E-state index is 13.0. The molecule has 168 valence electrons. The lowest BCUT2D eigenvalue weighted by Crippen LogP contribution is -2.52. The summed E-state index contributed by atoms with van der Waals surface area (Å²) in [5, 5.41) is 9.84. The van der Waals surface area contributed by atoms with Gasteiger partial charge in [-0.1, -0.05) is 23.7 Å². The lowest BCUT2D eigenvalue weighted by Gasteiger charge is -2.38. The SMILES string of the molecule is N#Cc1ccccc1S(=O)(=O)N1CCC(C(=O)N2CCN(c3ccc(Cl)cn3)CC2)CC1. The summed E-state index contributed by atoms with van der Waals surface area (Å²) >= 11 is 5.90. The number of piperidine rings is 1. The number of nitriles is 1. The molecule has 0 unspecified atom stereocenters. The van der Waals surface area contributed by atoms with E-state index in [2.05, 4.69) is 9.88 Å². The number of pyridine rings is 1. The van der Waals surface area contributed by atoms with Crippen LogP contribution in [0.25, 0.3) is 0 Å². The van der Waals surface area contributed by atoms with Gasteiger partial charge in [-0.15, -0.1) is 0 Å². The van der Waals surface area contributed by atoms with Crippen molar-refractivity contribution in [1.82, 2.24) is 14.2 Å². The number of carbonyl (C=O) groups excluding carboxylic acids is 1. The number of hydrogen-bond acceptors (Lipinski definition) is 6. The second kappa shape index (κ2) is 9.45. The molecule has 3 heterocycles. The molecule has 32 heavy (non-hydrogen) atoms. The molecule has 1 aromatic carbocycles. The average molecular weight is 474 g/mol. The van der Waals surface area contributed by atoms with Crippen molar-refractivity contribution in [2.45, 2.75) is 17.7 Å².